The van der Waals surface area contributed by atoms with Crippen LogP contribution in [0.3, 0.4) is 0 Å². The van der Waals surface area contributed by atoms with Gasteiger partial charge in [-0.15, -0.1) is 11.8 Å². The molecule has 3 rings (SSSR count). The van der Waals surface area contributed by atoms with Crippen molar-refractivity contribution in [2.75, 3.05) is 5.75 Å². The van der Waals surface area contributed by atoms with Crippen LogP contribution in [0.1, 0.15) is 23.2 Å². The van der Waals surface area contributed by atoms with Crippen molar-refractivity contribution in [1.82, 2.24) is 0 Å². The third-order valence-electron chi connectivity index (χ3n) is 3.87. The van der Waals surface area contributed by atoms with Crippen molar-refractivity contribution in [2.45, 2.75) is 17.7 Å². The number of ketones is 1. The lowest BCUT2D eigenvalue weighted by Gasteiger charge is -2.05. The highest BCUT2D eigenvalue weighted by Gasteiger charge is 2.06. The highest BCUT2D eigenvalue weighted by Crippen LogP contribution is 2.21. The van der Waals surface area contributed by atoms with Crippen molar-refractivity contribution in [3.8, 4) is 11.1 Å². The van der Waals surface area contributed by atoms with Crippen molar-refractivity contribution < 1.29 is 4.79 Å². The standard InChI is InChI=1S/C22H20OS/c23-22(12-7-17-24-21-10-5-2-6-11-21)20-15-13-19(14-16-20)18-8-3-1-4-9-18/h1-6,8-11,13-16H,7,12,17H2. The zero-order valence-electron chi connectivity index (χ0n) is 13.5. The van der Waals surface area contributed by atoms with E-state index in [9.17, 15) is 4.79 Å². The topological polar surface area (TPSA) is 17.1 Å². The third kappa shape index (κ3) is 4.59. The van der Waals surface area contributed by atoms with Gasteiger partial charge in [0.15, 0.2) is 5.78 Å². The second-order valence-corrected chi connectivity index (χ2v) is 6.80. The molecule has 3 aromatic rings. The average Bonchev–Trinajstić information content (AvgIpc) is 2.67. The first-order chi connectivity index (χ1) is 11.8. The summed E-state index contributed by atoms with van der Waals surface area (Å²) in [5.41, 5.74) is 3.13. The minimum atomic E-state index is 0.225. The van der Waals surface area contributed by atoms with Crippen LogP contribution in [0.5, 0.6) is 0 Å². The van der Waals surface area contributed by atoms with E-state index in [4.69, 9.17) is 0 Å². The molecule has 0 atom stereocenters. The Balaban J connectivity index is 1.50. The number of carbonyl (C=O) groups is 1. The molecule has 0 aliphatic rings. The van der Waals surface area contributed by atoms with Gasteiger partial charge in [0, 0.05) is 16.9 Å². The fourth-order valence-electron chi connectivity index (χ4n) is 2.56. The van der Waals surface area contributed by atoms with Gasteiger partial charge >= 0.3 is 0 Å². The van der Waals surface area contributed by atoms with Gasteiger partial charge in [0.05, 0.1) is 0 Å². The van der Waals surface area contributed by atoms with E-state index in [1.165, 1.54) is 10.5 Å². The minimum absolute atomic E-state index is 0.225. The number of thioether (sulfide) groups is 1. The van der Waals surface area contributed by atoms with Gasteiger partial charge in [-0.2, -0.15) is 0 Å². The van der Waals surface area contributed by atoms with E-state index in [0.29, 0.717) is 6.42 Å². The lowest BCUT2D eigenvalue weighted by molar-refractivity contribution is 0.0982. The van der Waals surface area contributed by atoms with Crippen LogP contribution in [0.2, 0.25) is 0 Å². The Hall–Kier alpha value is -2.32. The molecule has 0 bridgehead atoms. The molecule has 0 saturated heterocycles. The molecule has 0 aliphatic carbocycles. The highest BCUT2D eigenvalue weighted by molar-refractivity contribution is 7.99. The number of rotatable bonds is 7. The van der Waals surface area contributed by atoms with Gasteiger partial charge in [0.25, 0.3) is 0 Å². The SMILES string of the molecule is O=C(CCCSc1ccccc1)c1ccc(-c2ccccc2)cc1. The normalized spacial score (nSPS) is 10.5. The Morgan fingerprint density at radius 1 is 0.708 bits per heavy atom. The molecule has 0 aliphatic heterocycles. The smallest absolute Gasteiger partial charge is 0.162 e. The van der Waals surface area contributed by atoms with Gasteiger partial charge in [-0.3, -0.25) is 4.79 Å². The Morgan fingerprint density at radius 3 is 1.96 bits per heavy atom. The molecule has 24 heavy (non-hydrogen) atoms. The summed E-state index contributed by atoms with van der Waals surface area (Å²) in [5, 5.41) is 0. The lowest BCUT2D eigenvalue weighted by Crippen LogP contribution is -1.99. The predicted molar refractivity (Wildman–Crippen MR) is 103 cm³/mol. The molecule has 120 valence electrons. The molecule has 0 aromatic heterocycles. The van der Waals surface area contributed by atoms with Crippen LogP contribution in [0.4, 0.5) is 0 Å². The van der Waals surface area contributed by atoms with Gasteiger partial charge in [-0.05, 0) is 35.4 Å². The Labute approximate surface area is 147 Å². The predicted octanol–water partition coefficient (Wildman–Crippen LogP) is 6.11. The third-order valence-corrected chi connectivity index (χ3v) is 4.97. The van der Waals surface area contributed by atoms with E-state index in [2.05, 4.69) is 24.3 Å². The molecule has 0 amide bonds. The van der Waals surface area contributed by atoms with E-state index in [-0.39, 0.29) is 5.78 Å². The van der Waals surface area contributed by atoms with Gasteiger partial charge in [0.2, 0.25) is 0 Å². The number of benzene rings is 3. The maximum Gasteiger partial charge on any atom is 0.162 e. The second-order valence-electron chi connectivity index (χ2n) is 5.63. The number of carbonyl (C=O) groups excluding carboxylic acids is 1. The van der Waals surface area contributed by atoms with Gasteiger partial charge < -0.3 is 0 Å². The van der Waals surface area contributed by atoms with E-state index in [1.54, 1.807) is 11.8 Å². The Morgan fingerprint density at radius 2 is 1.29 bits per heavy atom. The van der Waals surface area contributed by atoms with Crippen LogP contribution in [0.15, 0.2) is 89.8 Å². The number of hydrogen-bond donors (Lipinski definition) is 0. The van der Waals surface area contributed by atoms with Crippen LogP contribution >= 0.6 is 11.8 Å². The maximum absolute atomic E-state index is 12.3. The van der Waals surface area contributed by atoms with Gasteiger partial charge in [-0.25, -0.2) is 0 Å². The molecule has 0 spiro atoms. The zero-order valence-corrected chi connectivity index (χ0v) is 14.3. The van der Waals surface area contributed by atoms with Crippen molar-refractivity contribution >= 4 is 17.5 Å². The highest BCUT2D eigenvalue weighted by atomic mass is 32.2. The molecule has 0 radical (unpaired) electrons. The zero-order chi connectivity index (χ0) is 16.6. The summed E-state index contributed by atoms with van der Waals surface area (Å²) < 4.78 is 0. The molecule has 0 fully saturated rings. The molecule has 0 heterocycles. The molecule has 3 aromatic carbocycles. The minimum Gasteiger partial charge on any atom is -0.294 e. The summed E-state index contributed by atoms with van der Waals surface area (Å²) >= 11 is 1.81. The molecule has 2 heteroatoms. The van der Waals surface area contributed by atoms with Crippen LogP contribution in [0.25, 0.3) is 11.1 Å². The molecule has 1 nitrogen and oxygen atoms in total. The molecule has 0 N–H and O–H groups in total. The molecular formula is C22H20OS. The second kappa shape index (κ2) is 8.51. The van der Waals surface area contributed by atoms with Gasteiger partial charge in [-0.1, -0.05) is 72.8 Å². The quantitative estimate of drug-likeness (QED) is 0.295. The van der Waals surface area contributed by atoms with E-state index >= 15 is 0 Å². The van der Waals surface area contributed by atoms with E-state index < -0.39 is 0 Å². The average molecular weight is 332 g/mol. The first-order valence-corrected chi connectivity index (χ1v) is 9.18. The summed E-state index contributed by atoms with van der Waals surface area (Å²) in [6, 6.07) is 28.5. The summed E-state index contributed by atoms with van der Waals surface area (Å²) in [7, 11) is 0. The van der Waals surface area contributed by atoms with Crippen LogP contribution in [-0.2, 0) is 0 Å². The largest absolute Gasteiger partial charge is 0.294 e. The fraction of sp³-hybridized carbons (Fsp3) is 0.136. The van der Waals surface area contributed by atoms with Crippen molar-refractivity contribution in [2.24, 2.45) is 0 Å². The van der Waals surface area contributed by atoms with Crippen molar-refractivity contribution in [3.63, 3.8) is 0 Å². The first kappa shape index (κ1) is 16.5. The summed E-state index contributed by atoms with van der Waals surface area (Å²) in [6.45, 7) is 0. The fourth-order valence-corrected chi connectivity index (χ4v) is 3.44. The summed E-state index contributed by atoms with van der Waals surface area (Å²) in [6.07, 6.45) is 1.50. The lowest BCUT2D eigenvalue weighted by atomic mass is 10.0. The molecular weight excluding hydrogens is 312 g/mol. The van der Waals surface area contributed by atoms with Gasteiger partial charge in [0.1, 0.15) is 0 Å². The Kier molecular flexibility index (Phi) is 5.86. The van der Waals surface area contributed by atoms with Crippen LogP contribution in [0, 0.1) is 0 Å². The summed E-state index contributed by atoms with van der Waals surface area (Å²) in [4.78, 5) is 13.6. The van der Waals surface area contributed by atoms with Crippen LogP contribution < -0.4 is 0 Å². The van der Waals surface area contributed by atoms with Crippen molar-refractivity contribution in [3.05, 3.63) is 90.5 Å². The molecule has 0 unspecified atom stereocenters. The number of hydrogen-bond acceptors (Lipinski definition) is 2. The Bertz CT molecular complexity index is 764. The first-order valence-electron chi connectivity index (χ1n) is 8.19. The van der Waals surface area contributed by atoms with Crippen LogP contribution in [-0.4, -0.2) is 11.5 Å². The molecule has 0 saturated carbocycles. The summed E-state index contributed by atoms with van der Waals surface area (Å²) in [5.74, 6) is 1.20. The van der Waals surface area contributed by atoms with E-state index in [1.807, 2.05) is 60.7 Å². The monoisotopic (exact) mass is 332 g/mol. The maximum atomic E-state index is 12.3. The number of Topliss-reactive ketones (excluding diaryl/α,β-unsaturated/α-hetero) is 1. The van der Waals surface area contributed by atoms with E-state index in [0.717, 1.165) is 23.3 Å². The van der Waals surface area contributed by atoms with Crippen molar-refractivity contribution in [1.29, 1.82) is 0 Å².